The zero-order valence-electron chi connectivity index (χ0n) is 9.75. The first-order valence-corrected chi connectivity index (χ1v) is 6.95. The summed E-state index contributed by atoms with van der Waals surface area (Å²) in [5.74, 6) is 1.63. The van der Waals surface area contributed by atoms with E-state index < -0.39 is 0 Å². The van der Waals surface area contributed by atoms with Gasteiger partial charge in [-0.05, 0) is 56.8 Å². The largest absolute Gasteiger partial charge is 0.378 e. The molecule has 2 aliphatic rings. The van der Waals surface area contributed by atoms with E-state index in [-0.39, 0.29) is 0 Å². The highest BCUT2D eigenvalue weighted by molar-refractivity contribution is 6.20. The molecule has 0 aromatic heterocycles. The molecule has 0 aromatic carbocycles. The number of halogens is 1. The summed E-state index contributed by atoms with van der Waals surface area (Å²) in [6.45, 7) is 3.35. The first-order chi connectivity index (χ1) is 7.25. The van der Waals surface area contributed by atoms with Crippen LogP contribution in [0.1, 0.15) is 51.9 Å². The minimum atomic E-state index is 0.433. The lowest BCUT2D eigenvalue weighted by Gasteiger charge is -2.31. The van der Waals surface area contributed by atoms with E-state index in [4.69, 9.17) is 16.3 Å². The van der Waals surface area contributed by atoms with Gasteiger partial charge in [-0.15, -0.1) is 11.6 Å². The van der Waals surface area contributed by atoms with Gasteiger partial charge in [-0.1, -0.05) is 6.92 Å². The van der Waals surface area contributed by atoms with Gasteiger partial charge in [0.05, 0.1) is 6.10 Å². The topological polar surface area (TPSA) is 9.23 Å². The van der Waals surface area contributed by atoms with Gasteiger partial charge in [0.2, 0.25) is 0 Å². The highest BCUT2D eigenvalue weighted by Gasteiger charge is 2.28. The van der Waals surface area contributed by atoms with Gasteiger partial charge in [-0.25, -0.2) is 0 Å². The molecule has 4 unspecified atom stereocenters. The molecule has 15 heavy (non-hydrogen) atoms. The van der Waals surface area contributed by atoms with Crippen LogP contribution in [0.2, 0.25) is 0 Å². The molecule has 1 saturated heterocycles. The lowest BCUT2D eigenvalue weighted by Crippen LogP contribution is -2.25. The van der Waals surface area contributed by atoms with Crippen molar-refractivity contribution in [2.75, 3.05) is 6.61 Å². The summed E-state index contributed by atoms with van der Waals surface area (Å²) in [5, 5.41) is 0.433. The van der Waals surface area contributed by atoms with E-state index in [1.54, 1.807) is 0 Å². The third-order valence-electron chi connectivity index (χ3n) is 4.04. The minimum absolute atomic E-state index is 0.433. The van der Waals surface area contributed by atoms with Crippen LogP contribution >= 0.6 is 11.6 Å². The number of hydrogen-bond acceptors (Lipinski definition) is 1. The number of ether oxygens (including phenoxy) is 1. The number of hydrogen-bond donors (Lipinski definition) is 0. The van der Waals surface area contributed by atoms with Crippen LogP contribution in [0.4, 0.5) is 0 Å². The summed E-state index contributed by atoms with van der Waals surface area (Å²) >= 11 is 6.39. The molecular weight excluding hydrogens is 208 g/mol. The fourth-order valence-electron chi connectivity index (χ4n) is 3.03. The van der Waals surface area contributed by atoms with Crippen LogP contribution in [-0.4, -0.2) is 18.1 Å². The molecule has 0 N–H and O–H groups in total. The van der Waals surface area contributed by atoms with Crippen LogP contribution in [0.5, 0.6) is 0 Å². The van der Waals surface area contributed by atoms with Crippen molar-refractivity contribution in [3.63, 3.8) is 0 Å². The summed E-state index contributed by atoms with van der Waals surface area (Å²) in [6, 6.07) is 0. The number of alkyl halides is 1. The summed E-state index contributed by atoms with van der Waals surface area (Å²) in [7, 11) is 0. The first-order valence-electron chi connectivity index (χ1n) is 6.51. The second kappa shape index (κ2) is 5.54. The normalized spacial score (nSPS) is 42.0. The fourth-order valence-corrected chi connectivity index (χ4v) is 3.39. The Morgan fingerprint density at radius 1 is 1.20 bits per heavy atom. The highest BCUT2D eigenvalue weighted by Crippen LogP contribution is 2.36. The van der Waals surface area contributed by atoms with Crippen molar-refractivity contribution in [1.82, 2.24) is 0 Å². The van der Waals surface area contributed by atoms with Crippen LogP contribution in [0.15, 0.2) is 0 Å². The molecule has 0 bridgehead atoms. The summed E-state index contributed by atoms with van der Waals surface area (Å²) < 4.78 is 5.66. The van der Waals surface area contributed by atoms with Gasteiger partial charge in [-0.2, -0.15) is 0 Å². The molecule has 2 fully saturated rings. The maximum Gasteiger partial charge on any atom is 0.0576 e. The Labute approximate surface area is 98.5 Å². The van der Waals surface area contributed by atoms with Gasteiger partial charge < -0.3 is 4.74 Å². The summed E-state index contributed by atoms with van der Waals surface area (Å²) in [5.41, 5.74) is 0. The lowest BCUT2D eigenvalue weighted by molar-refractivity contribution is 0.0945. The number of rotatable bonds is 3. The predicted molar refractivity (Wildman–Crippen MR) is 64.4 cm³/mol. The third-order valence-corrected chi connectivity index (χ3v) is 4.61. The molecular formula is C13H23ClO. The molecule has 1 aliphatic heterocycles. The Balaban J connectivity index is 1.72. The van der Waals surface area contributed by atoms with E-state index in [1.807, 2.05) is 0 Å². The van der Waals surface area contributed by atoms with Crippen molar-refractivity contribution in [2.24, 2.45) is 11.8 Å². The van der Waals surface area contributed by atoms with Gasteiger partial charge >= 0.3 is 0 Å². The Kier molecular flexibility index (Phi) is 4.33. The molecule has 1 saturated carbocycles. The van der Waals surface area contributed by atoms with Crippen molar-refractivity contribution in [2.45, 2.75) is 63.4 Å². The van der Waals surface area contributed by atoms with Gasteiger partial charge in [0.1, 0.15) is 0 Å². The average molecular weight is 231 g/mol. The van der Waals surface area contributed by atoms with E-state index in [1.165, 1.54) is 44.9 Å². The standard InChI is InChI=1S/C13H23ClO/c1-10-4-7-13(14)11(9-10)5-6-12-3-2-8-15-12/h10-13H,2-9H2,1H3. The maximum absolute atomic E-state index is 6.39. The van der Waals surface area contributed by atoms with E-state index in [0.29, 0.717) is 11.5 Å². The fraction of sp³-hybridized carbons (Fsp3) is 1.00. The molecule has 88 valence electrons. The molecule has 2 heteroatoms. The van der Waals surface area contributed by atoms with E-state index in [2.05, 4.69) is 6.92 Å². The molecule has 0 aromatic rings. The Morgan fingerprint density at radius 2 is 2.07 bits per heavy atom. The van der Waals surface area contributed by atoms with Crippen LogP contribution in [0.3, 0.4) is 0 Å². The molecule has 4 atom stereocenters. The summed E-state index contributed by atoms with van der Waals surface area (Å²) in [4.78, 5) is 0. The third kappa shape index (κ3) is 3.35. The van der Waals surface area contributed by atoms with Gasteiger partial charge in [-0.3, -0.25) is 0 Å². The second-order valence-electron chi connectivity index (χ2n) is 5.41. The quantitative estimate of drug-likeness (QED) is 0.667. The van der Waals surface area contributed by atoms with E-state index in [9.17, 15) is 0 Å². The Morgan fingerprint density at radius 3 is 2.80 bits per heavy atom. The Bertz CT molecular complexity index is 189. The molecule has 1 heterocycles. The first kappa shape index (κ1) is 11.7. The summed E-state index contributed by atoms with van der Waals surface area (Å²) in [6.07, 6.45) is 9.48. The highest BCUT2D eigenvalue weighted by atomic mass is 35.5. The van der Waals surface area contributed by atoms with Crippen LogP contribution in [-0.2, 0) is 4.74 Å². The van der Waals surface area contributed by atoms with Crippen molar-refractivity contribution in [1.29, 1.82) is 0 Å². The van der Waals surface area contributed by atoms with Crippen LogP contribution in [0.25, 0.3) is 0 Å². The van der Waals surface area contributed by atoms with E-state index >= 15 is 0 Å². The molecule has 2 rings (SSSR count). The zero-order valence-corrected chi connectivity index (χ0v) is 10.5. The van der Waals surface area contributed by atoms with Crippen molar-refractivity contribution < 1.29 is 4.74 Å². The van der Waals surface area contributed by atoms with E-state index in [0.717, 1.165) is 18.4 Å². The average Bonchev–Trinajstić information content (AvgIpc) is 2.72. The zero-order chi connectivity index (χ0) is 10.7. The molecule has 0 spiro atoms. The van der Waals surface area contributed by atoms with Gasteiger partial charge in [0.15, 0.2) is 0 Å². The van der Waals surface area contributed by atoms with Crippen LogP contribution < -0.4 is 0 Å². The van der Waals surface area contributed by atoms with Crippen molar-refractivity contribution in [3.8, 4) is 0 Å². The van der Waals surface area contributed by atoms with Crippen molar-refractivity contribution >= 4 is 11.6 Å². The maximum atomic E-state index is 6.39. The predicted octanol–water partition coefficient (Wildman–Crippen LogP) is 3.99. The van der Waals surface area contributed by atoms with Crippen molar-refractivity contribution in [3.05, 3.63) is 0 Å². The second-order valence-corrected chi connectivity index (χ2v) is 5.97. The smallest absolute Gasteiger partial charge is 0.0576 e. The lowest BCUT2D eigenvalue weighted by atomic mass is 9.79. The molecule has 1 aliphatic carbocycles. The Hall–Kier alpha value is 0.250. The van der Waals surface area contributed by atoms with Crippen LogP contribution in [0, 0.1) is 11.8 Å². The van der Waals surface area contributed by atoms with Gasteiger partial charge in [0.25, 0.3) is 0 Å². The minimum Gasteiger partial charge on any atom is -0.378 e. The molecule has 0 amide bonds. The van der Waals surface area contributed by atoms with Gasteiger partial charge in [0, 0.05) is 12.0 Å². The SMILES string of the molecule is CC1CCC(Cl)C(CCC2CCCO2)C1. The molecule has 0 radical (unpaired) electrons. The molecule has 1 nitrogen and oxygen atoms in total. The monoisotopic (exact) mass is 230 g/mol.